The van der Waals surface area contributed by atoms with Gasteiger partial charge in [-0.1, -0.05) is 6.42 Å². The highest BCUT2D eigenvalue weighted by atomic mass is 127. The molecule has 6 heteroatoms. The van der Waals surface area contributed by atoms with Crippen molar-refractivity contribution in [3.05, 3.63) is 35.4 Å². The molecule has 0 radical (unpaired) electrons. The van der Waals surface area contributed by atoms with E-state index in [0.717, 1.165) is 31.7 Å². The normalized spacial score (nSPS) is 19.1. The van der Waals surface area contributed by atoms with E-state index in [1.165, 1.54) is 37.8 Å². The van der Waals surface area contributed by atoms with Gasteiger partial charge < -0.3 is 10.2 Å². The van der Waals surface area contributed by atoms with E-state index >= 15 is 0 Å². The van der Waals surface area contributed by atoms with E-state index in [0.29, 0.717) is 23.9 Å². The molecule has 1 aromatic rings. The fraction of sp³-hybridized carbons (Fsp3) is 0.611. The number of halogens is 3. The third-order valence-electron chi connectivity index (χ3n) is 5.07. The Morgan fingerprint density at radius 3 is 2.46 bits per heavy atom. The first-order chi connectivity index (χ1) is 11.1. The van der Waals surface area contributed by atoms with Crippen LogP contribution in [0.3, 0.4) is 0 Å². The number of hydrogen-bond donors (Lipinski definition) is 1. The second-order valence-electron chi connectivity index (χ2n) is 6.79. The molecule has 3 rings (SSSR count). The Kier molecular flexibility index (Phi) is 6.83. The zero-order chi connectivity index (χ0) is 16.3. The Hall–Kier alpha value is -0.920. The van der Waals surface area contributed by atoms with Crippen LogP contribution in [-0.2, 0) is 6.42 Å². The Labute approximate surface area is 159 Å². The lowest BCUT2D eigenvalue weighted by Gasteiger charge is -2.38. The van der Waals surface area contributed by atoms with Crippen LogP contribution in [0.4, 0.5) is 8.78 Å². The molecule has 0 unspecified atom stereocenters. The van der Waals surface area contributed by atoms with Crippen molar-refractivity contribution < 1.29 is 8.78 Å². The second kappa shape index (κ2) is 8.45. The minimum absolute atomic E-state index is 0. The number of benzene rings is 1. The van der Waals surface area contributed by atoms with Crippen molar-refractivity contribution in [1.82, 2.24) is 10.2 Å². The Balaban J connectivity index is 0.00000208. The number of rotatable bonds is 4. The summed E-state index contributed by atoms with van der Waals surface area (Å²) in [5.74, 6) is -0.113. The highest BCUT2D eigenvalue weighted by Gasteiger charge is 2.43. The maximum absolute atomic E-state index is 13.2. The average molecular weight is 449 g/mol. The molecule has 3 nitrogen and oxygen atoms in total. The van der Waals surface area contributed by atoms with Crippen LogP contribution in [0.5, 0.6) is 0 Å². The molecule has 2 fully saturated rings. The molecular formula is C18H26F2IN3. The quantitative estimate of drug-likeness (QED) is 0.428. The molecule has 1 aliphatic heterocycles. The van der Waals surface area contributed by atoms with Crippen molar-refractivity contribution in [3.63, 3.8) is 0 Å². The van der Waals surface area contributed by atoms with Gasteiger partial charge in [0.15, 0.2) is 5.96 Å². The summed E-state index contributed by atoms with van der Waals surface area (Å²) >= 11 is 0. The number of nitrogens with zero attached hydrogens (tertiary/aromatic N) is 2. The molecule has 1 saturated heterocycles. The van der Waals surface area contributed by atoms with Crippen LogP contribution in [0.25, 0.3) is 0 Å². The molecule has 0 bridgehead atoms. The van der Waals surface area contributed by atoms with Gasteiger partial charge in [-0.3, -0.25) is 4.99 Å². The summed E-state index contributed by atoms with van der Waals surface area (Å²) in [4.78, 5) is 7.00. The molecule has 0 atom stereocenters. The second-order valence-corrected chi connectivity index (χ2v) is 6.79. The predicted octanol–water partition coefficient (Wildman–Crippen LogP) is 3.97. The van der Waals surface area contributed by atoms with E-state index in [4.69, 9.17) is 0 Å². The van der Waals surface area contributed by atoms with Gasteiger partial charge in [0, 0.05) is 32.2 Å². The van der Waals surface area contributed by atoms with Gasteiger partial charge in [-0.05, 0) is 55.7 Å². The largest absolute Gasteiger partial charge is 0.357 e. The smallest absolute Gasteiger partial charge is 0.193 e. The molecule has 1 heterocycles. The molecular weight excluding hydrogens is 423 g/mol. The van der Waals surface area contributed by atoms with Gasteiger partial charge in [-0.15, -0.1) is 24.0 Å². The van der Waals surface area contributed by atoms with Gasteiger partial charge in [0.1, 0.15) is 11.6 Å². The Morgan fingerprint density at radius 1 is 1.21 bits per heavy atom. The van der Waals surface area contributed by atoms with E-state index in [-0.39, 0.29) is 24.0 Å². The van der Waals surface area contributed by atoms with Crippen molar-refractivity contribution in [2.45, 2.75) is 39.0 Å². The van der Waals surface area contributed by atoms with Gasteiger partial charge in [-0.2, -0.15) is 0 Å². The van der Waals surface area contributed by atoms with Crippen LogP contribution in [0, 0.1) is 17.0 Å². The Bertz CT molecular complexity index is 567. The Morgan fingerprint density at radius 2 is 1.92 bits per heavy atom. The van der Waals surface area contributed by atoms with E-state index in [9.17, 15) is 8.78 Å². The molecule has 1 spiro atoms. The maximum atomic E-state index is 13.2. The van der Waals surface area contributed by atoms with Crippen molar-refractivity contribution in [2.24, 2.45) is 10.4 Å². The third kappa shape index (κ3) is 4.58. The van der Waals surface area contributed by atoms with Gasteiger partial charge in [0.25, 0.3) is 0 Å². The van der Waals surface area contributed by atoms with Gasteiger partial charge >= 0.3 is 0 Å². The molecule has 0 aromatic heterocycles. The predicted molar refractivity (Wildman–Crippen MR) is 104 cm³/mol. The lowest BCUT2D eigenvalue weighted by atomic mass is 9.68. The zero-order valence-corrected chi connectivity index (χ0v) is 16.5. The van der Waals surface area contributed by atoms with Crippen LogP contribution < -0.4 is 5.32 Å². The maximum Gasteiger partial charge on any atom is 0.193 e. The summed E-state index contributed by atoms with van der Waals surface area (Å²) in [5, 5.41) is 3.35. The van der Waals surface area contributed by atoms with Crippen LogP contribution in [-0.4, -0.2) is 37.0 Å². The lowest BCUT2D eigenvalue weighted by Crippen LogP contribution is -2.42. The van der Waals surface area contributed by atoms with Gasteiger partial charge in [0.05, 0.1) is 0 Å². The van der Waals surface area contributed by atoms with Gasteiger partial charge in [-0.25, -0.2) is 8.78 Å². The number of likely N-dealkylation sites (tertiary alicyclic amines) is 1. The number of guanidine groups is 1. The summed E-state index contributed by atoms with van der Waals surface area (Å²) in [5.41, 5.74) is 1.18. The first-order valence-corrected chi connectivity index (χ1v) is 8.58. The third-order valence-corrected chi connectivity index (χ3v) is 5.07. The monoisotopic (exact) mass is 449 g/mol. The molecule has 1 aromatic carbocycles. The van der Waals surface area contributed by atoms with Crippen molar-refractivity contribution in [3.8, 4) is 0 Å². The minimum Gasteiger partial charge on any atom is -0.357 e. The fourth-order valence-electron chi connectivity index (χ4n) is 3.67. The molecule has 24 heavy (non-hydrogen) atoms. The molecule has 134 valence electrons. The minimum atomic E-state index is -0.526. The standard InChI is InChI=1S/C18H25F2N3.HI/c1-2-21-17(23-9-7-18(13-23)5-3-6-18)22-8-4-14-10-15(19)12-16(20)11-14;/h10-12H,2-9,13H2,1H3,(H,21,22);1H. The summed E-state index contributed by atoms with van der Waals surface area (Å²) in [6, 6.07) is 3.66. The lowest BCUT2D eigenvalue weighted by molar-refractivity contribution is 0.151. The summed E-state index contributed by atoms with van der Waals surface area (Å²) < 4.78 is 26.4. The SMILES string of the molecule is CCNC(=NCCc1cc(F)cc(F)c1)N1CCC2(CCC2)C1.I. The summed E-state index contributed by atoms with van der Waals surface area (Å²) in [7, 11) is 0. The van der Waals surface area contributed by atoms with Crippen molar-refractivity contribution in [1.29, 1.82) is 0 Å². The van der Waals surface area contributed by atoms with Crippen LogP contribution in [0.2, 0.25) is 0 Å². The summed E-state index contributed by atoms with van der Waals surface area (Å²) in [6.45, 7) is 5.58. The fourth-order valence-corrected chi connectivity index (χ4v) is 3.67. The van der Waals surface area contributed by atoms with E-state index in [2.05, 4.69) is 22.1 Å². The number of nitrogens with one attached hydrogen (secondary N) is 1. The number of hydrogen-bond acceptors (Lipinski definition) is 1. The first-order valence-electron chi connectivity index (χ1n) is 8.58. The van der Waals surface area contributed by atoms with E-state index in [1.54, 1.807) is 0 Å². The van der Waals surface area contributed by atoms with Gasteiger partial charge in [0.2, 0.25) is 0 Å². The van der Waals surface area contributed by atoms with Crippen LogP contribution in [0.15, 0.2) is 23.2 Å². The summed E-state index contributed by atoms with van der Waals surface area (Å²) in [6.07, 6.45) is 5.83. The zero-order valence-electron chi connectivity index (χ0n) is 14.2. The highest BCUT2D eigenvalue weighted by molar-refractivity contribution is 14.0. The van der Waals surface area contributed by atoms with Crippen molar-refractivity contribution in [2.75, 3.05) is 26.2 Å². The van der Waals surface area contributed by atoms with Crippen LogP contribution >= 0.6 is 24.0 Å². The molecule has 1 N–H and O–H groups in total. The topological polar surface area (TPSA) is 27.6 Å². The molecule has 1 saturated carbocycles. The van der Waals surface area contributed by atoms with E-state index in [1.807, 2.05) is 0 Å². The highest BCUT2D eigenvalue weighted by Crippen LogP contribution is 2.47. The molecule has 2 aliphatic rings. The average Bonchev–Trinajstić information content (AvgIpc) is 2.91. The number of aliphatic imine (C=N–C) groups is 1. The van der Waals surface area contributed by atoms with Crippen LogP contribution in [0.1, 0.15) is 38.2 Å². The molecule has 1 aliphatic carbocycles. The van der Waals surface area contributed by atoms with E-state index < -0.39 is 11.6 Å². The van der Waals surface area contributed by atoms with Crippen molar-refractivity contribution >= 4 is 29.9 Å². The first kappa shape index (κ1) is 19.4. The molecule has 0 amide bonds.